The van der Waals surface area contributed by atoms with E-state index in [0.717, 1.165) is 21.2 Å². The number of carbonyl (C=O) groups excluding carboxylic acids is 1. The van der Waals surface area contributed by atoms with Gasteiger partial charge in [0.25, 0.3) is 0 Å². The van der Waals surface area contributed by atoms with Gasteiger partial charge in [-0.3, -0.25) is 4.79 Å². The van der Waals surface area contributed by atoms with Gasteiger partial charge >= 0.3 is 5.97 Å². The van der Waals surface area contributed by atoms with Crippen molar-refractivity contribution in [3.63, 3.8) is 0 Å². The monoisotopic (exact) mass is 515 g/mol. The van der Waals surface area contributed by atoms with Crippen LogP contribution in [0, 0.1) is 0 Å². The minimum Gasteiger partial charge on any atom is -0.459 e. The molecule has 0 spiro atoms. The van der Waals surface area contributed by atoms with Gasteiger partial charge in [-0.2, -0.15) is 4.72 Å². The van der Waals surface area contributed by atoms with Gasteiger partial charge in [0.15, 0.2) is 0 Å². The third kappa shape index (κ3) is 6.76. The predicted molar refractivity (Wildman–Crippen MR) is 130 cm³/mol. The van der Waals surface area contributed by atoms with Crippen LogP contribution in [0.1, 0.15) is 26.3 Å². The summed E-state index contributed by atoms with van der Waals surface area (Å²) in [7, 11) is -3.94. The van der Waals surface area contributed by atoms with Gasteiger partial charge in [0.05, 0.1) is 4.90 Å². The first-order chi connectivity index (χ1) is 15.0. The van der Waals surface area contributed by atoms with Crippen molar-refractivity contribution < 1.29 is 17.9 Å². The number of ether oxygens (including phenoxy) is 1. The molecule has 5 nitrogen and oxygen atoms in total. The molecule has 32 heavy (non-hydrogen) atoms. The SMILES string of the molecule is CC(C)(C)OC(=O)[C@H](Cc1ccccc1)NS(=O)(=O)c1ccc(-c2ccc(Br)cc2)cc1. The van der Waals surface area contributed by atoms with Crippen molar-refractivity contribution in [2.45, 2.75) is 43.7 Å². The van der Waals surface area contributed by atoms with Crippen LogP contribution >= 0.6 is 15.9 Å². The molecule has 3 rings (SSSR count). The van der Waals surface area contributed by atoms with E-state index in [9.17, 15) is 13.2 Å². The summed E-state index contributed by atoms with van der Waals surface area (Å²) < 4.78 is 35.1. The molecule has 168 valence electrons. The molecule has 0 saturated carbocycles. The van der Waals surface area contributed by atoms with E-state index < -0.39 is 27.6 Å². The van der Waals surface area contributed by atoms with Crippen LogP contribution in [0.2, 0.25) is 0 Å². The molecule has 1 atom stereocenters. The molecule has 0 saturated heterocycles. The van der Waals surface area contributed by atoms with E-state index in [2.05, 4.69) is 20.7 Å². The zero-order valence-electron chi connectivity index (χ0n) is 18.2. The van der Waals surface area contributed by atoms with Gasteiger partial charge in [0, 0.05) is 4.47 Å². The summed E-state index contributed by atoms with van der Waals surface area (Å²) in [5, 5.41) is 0. The fraction of sp³-hybridized carbons (Fsp3) is 0.240. The Morgan fingerprint density at radius 3 is 1.97 bits per heavy atom. The lowest BCUT2D eigenvalue weighted by Gasteiger charge is -2.24. The zero-order chi connectivity index (χ0) is 23.4. The largest absolute Gasteiger partial charge is 0.459 e. The molecule has 0 aliphatic rings. The maximum Gasteiger partial charge on any atom is 0.325 e. The van der Waals surface area contributed by atoms with Crippen LogP contribution in [0.5, 0.6) is 0 Å². The van der Waals surface area contributed by atoms with Crippen molar-refractivity contribution in [1.82, 2.24) is 4.72 Å². The standard InChI is InChI=1S/C25H26BrNO4S/c1-25(2,3)31-24(28)23(17-18-7-5-4-6-8-18)27-32(29,30)22-15-11-20(12-16-22)19-9-13-21(26)14-10-19/h4-16,23,27H,17H2,1-3H3/t23-/m0/s1. The minimum atomic E-state index is -3.94. The summed E-state index contributed by atoms with van der Waals surface area (Å²) >= 11 is 3.41. The molecule has 0 amide bonds. The molecule has 3 aromatic rings. The Morgan fingerprint density at radius 1 is 0.906 bits per heavy atom. The highest BCUT2D eigenvalue weighted by molar-refractivity contribution is 9.10. The lowest BCUT2D eigenvalue weighted by Crippen LogP contribution is -2.45. The first-order valence-electron chi connectivity index (χ1n) is 10.2. The number of carbonyl (C=O) groups is 1. The average Bonchev–Trinajstić information content (AvgIpc) is 2.73. The van der Waals surface area contributed by atoms with Gasteiger partial charge in [0.1, 0.15) is 11.6 Å². The Bertz CT molecular complexity index is 1150. The molecule has 7 heteroatoms. The van der Waals surface area contributed by atoms with Crippen molar-refractivity contribution in [3.05, 3.63) is 88.9 Å². The van der Waals surface area contributed by atoms with Gasteiger partial charge in [0.2, 0.25) is 10.0 Å². The maximum absolute atomic E-state index is 13.1. The molecule has 0 bridgehead atoms. The van der Waals surface area contributed by atoms with Crippen LogP contribution < -0.4 is 4.72 Å². The van der Waals surface area contributed by atoms with E-state index in [1.165, 1.54) is 12.1 Å². The minimum absolute atomic E-state index is 0.0833. The summed E-state index contributed by atoms with van der Waals surface area (Å²) in [6, 6.07) is 22.5. The topological polar surface area (TPSA) is 72.5 Å². The first kappa shape index (κ1) is 24.2. The molecule has 0 aliphatic carbocycles. The predicted octanol–water partition coefficient (Wildman–Crippen LogP) is 5.35. The van der Waals surface area contributed by atoms with Crippen molar-refractivity contribution in [2.24, 2.45) is 0 Å². The second-order valence-corrected chi connectivity index (χ2v) is 11.1. The average molecular weight is 516 g/mol. The van der Waals surface area contributed by atoms with Gasteiger partial charge in [-0.25, -0.2) is 8.42 Å². The van der Waals surface area contributed by atoms with Gasteiger partial charge in [-0.05, 0) is 68.1 Å². The number of nitrogens with one attached hydrogen (secondary N) is 1. The van der Waals surface area contributed by atoms with E-state index in [-0.39, 0.29) is 11.3 Å². The molecule has 0 aliphatic heterocycles. The second-order valence-electron chi connectivity index (χ2n) is 8.43. The summed E-state index contributed by atoms with van der Waals surface area (Å²) in [5.41, 5.74) is 1.96. The first-order valence-corrected chi connectivity index (χ1v) is 12.5. The normalized spacial score (nSPS) is 12.9. The number of benzene rings is 3. The number of sulfonamides is 1. The molecule has 3 aromatic carbocycles. The van der Waals surface area contributed by atoms with E-state index in [4.69, 9.17) is 4.74 Å². The molecule has 0 aromatic heterocycles. The van der Waals surface area contributed by atoms with Crippen LogP contribution in [0.4, 0.5) is 0 Å². The Kier molecular flexibility index (Phi) is 7.54. The Labute approximate surface area is 198 Å². The number of hydrogen-bond acceptors (Lipinski definition) is 4. The Balaban J connectivity index is 1.83. The summed E-state index contributed by atoms with van der Waals surface area (Å²) in [5.74, 6) is -0.614. The maximum atomic E-state index is 13.1. The molecule has 0 unspecified atom stereocenters. The molecular formula is C25H26BrNO4S. The lowest BCUT2D eigenvalue weighted by atomic mass is 10.1. The van der Waals surface area contributed by atoms with Crippen LogP contribution in [0.15, 0.2) is 88.2 Å². The fourth-order valence-electron chi connectivity index (χ4n) is 3.12. The van der Waals surface area contributed by atoms with Gasteiger partial charge in [-0.1, -0.05) is 70.5 Å². The van der Waals surface area contributed by atoms with Gasteiger partial charge in [-0.15, -0.1) is 0 Å². The number of rotatable bonds is 7. The highest BCUT2D eigenvalue weighted by atomic mass is 79.9. The van der Waals surface area contributed by atoms with Crippen LogP contribution in [0.3, 0.4) is 0 Å². The van der Waals surface area contributed by atoms with Crippen molar-refractivity contribution >= 4 is 31.9 Å². The van der Waals surface area contributed by atoms with E-state index >= 15 is 0 Å². The lowest BCUT2D eigenvalue weighted by molar-refractivity contribution is -0.156. The summed E-state index contributed by atoms with van der Waals surface area (Å²) in [4.78, 5) is 12.9. The quantitative estimate of drug-likeness (QED) is 0.430. The molecule has 0 fully saturated rings. The highest BCUT2D eigenvalue weighted by Crippen LogP contribution is 2.23. The number of halogens is 1. The van der Waals surface area contributed by atoms with Crippen LogP contribution in [0.25, 0.3) is 11.1 Å². The molecule has 0 radical (unpaired) electrons. The highest BCUT2D eigenvalue weighted by Gasteiger charge is 2.30. The third-order valence-corrected chi connectivity index (χ3v) is 6.63. The Hall–Kier alpha value is -2.48. The molecule has 1 N–H and O–H groups in total. The fourth-order valence-corrected chi connectivity index (χ4v) is 4.57. The van der Waals surface area contributed by atoms with Crippen molar-refractivity contribution in [3.8, 4) is 11.1 Å². The molecular weight excluding hydrogens is 490 g/mol. The smallest absolute Gasteiger partial charge is 0.325 e. The number of esters is 1. The summed E-state index contributed by atoms with van der Waals surface area (Å²) in [6.45, 7) is 5.25. The summed E-state index contributed by atoms with van der Waals surface area (Å²) in [6.07, 6.45) is 0.186. The van der Waals surface area contributed by atoms with Gasteiger partial charge < -0.3 is 4.74 Å². The van der Waals surface area contributed by atoms with Crippen molar-refractivity contribution in [1.29, 1.82) is 0 Å². The van der Waals surface area contributed by atoms with E-state index in [0.29, 0.717) is 0 Å². The second kappa shape index (κ2) is 9.98. The molecule has 0 heterocycles. The third-order valence-electron chi connectivity index (χ3n) is 4.61. The number of hydrogen-bond donors (Lipinski definition) is 1. The van der Waals surface area contributed by atoms with Crippen LogP contribution in [-0.4, -0.2) is 26.0 Å². The Morgan fingerprint density at radius 2 is 1.44 bits per heavy atom. The van der Waals surface area contributed by atoms with Crippen LogP contribution in [-0.2, 0) is 26.0 Å². The zero-order valence-corrected chi connectivity index (χ0v) is 20.6. The van der Waals surface area contributed by atoms with E-state index in [1.807, 2.05) is 54.6 Å². The van der Waals surface area contributed by atoms with Crippen molar-refractivity contribution in [2.75, 3.05) is 0 Å². The van der Waals surface area contributed by atoms with E-state index in [1.54, 1.807) is 32.9 Å².